The Morgan fingerprint density at radius 3 is 2.33 bits per heavy atom. The summed E-state index contributed by atoms with van der Waals surface area (Å²) in [6.45, 7) is 7.56. The molecular weight excluding hydrogens is 402 g/mol. The molecule has 0 saturated heterocycles. The number of methoxy groups -OCH3 is 1. The van der Waals surface area contributed by atoms with Crippen LogP contribution in [-0.4, -0.2) is 45.9 Å². The molecule has 1 amide bonds. The van der Waals surface area contributed by atoms with Crippen molar-refractivity contribution < 1.29 is 17.9 Å². The van der Waals surface area contributed by atoms with Crippen molar-refractivity contribution in [3.05, 3.63) is 53.1 Å². The fraction of sp³-hybridized carbons (Fsp3) is 0.409. The van der Waals surface area contributed by atoms with Crippen LogP contribution in [0, 0.1) is 13.8 Å². The third-order valence-corrected chi connectivity index (χ3v) is 6.80. The normalized spacial score (nSPS) is 13.7. The quantitative estimate of drug-likeness (QED) is 0.667. The largest absolute Gasteiger partial charge is 0.496 e. The predicted molar refractivity (Wildman–Crippen MR) is 119 cm³/mol. The summed E-state index contributed by atoms with van der Waals surface area (Å²) in [5.41, 5.74) is 3.32. The minimum Gasteiger partial charge on any atom is -0.496 e. The van der Waals surface area contributed by atoms with E-state index in [1.165, 1.54) is 26.2 Å². The average Bonchev–Trinajstić information content (AvgIpc) is 2.69. The van der Waals surface area contributed by atoms with Gasteiger partial charge in [0.15, 0.2) is 0 Å². The maximum atomic E-state index is 12.8. The van der Waals surface area contributed by atoms with Gasteiger partial charge in [0.1, 0.15) is 5.75 Å². The van der Waals surface area contributed by atoms with E-state index in [2.05, 4.69) is 10.6 Å². The van der Waals surface area contributed by atoms with Crippen LogP contribution in [0.2, 0.25) is 0 Å². The molecule has 0 radical (unpaired) electrons. The summed E-state index contributed by atoms with van der Waals surface area (Å²) >= 11 is 0. The number of hydrogen-bond acceptors (Lipinski definition) is 5. The van der Waals surface area contributed by atoms with Crippen LogP contribution in [0.5, 0.6) is 5.75 Å². The number of nitrogens with one attached hydrogen (secondary N) is 2. The van der Waals surface area contributed by atoms with E-state index < -0.39 is 16.1 Å². The lowest BCUT2D eigenvalue weighted by molar-refractivity contribution is -0.117. The highest BCUT2D eigenvalue weighted by atomic mass is 32.2. The van der Waals surface area contributed by atoms with Gasteiger partial charge < -0.3 is 10.1 Å². The summed E-state index contributed by atoms with van der Waals surface area (Å²) in [4.78, 5) is 12.9. The first-order chi connectivity index (χ1) is 14.0. The molecule has 8 heteroatoms. The van der Waals surface area contributed by atoms with Gasteiger partial charge in [0.25, 0.3) is 0 Å². The molecule has 0 bridgehead atoms. The first-order valence-electron chi connectivity index (χ1n) is 9.72. The van der Waals surface area contributed by atoms with Gasteiger partial charge in [-0.1, -0.05) is 23.8 Å². The molecule has 0 aliphatic heterocycles. The fourth-order valence-corrected chi connectivity index (χ4v) is 4.01. The van der Waals surface area contributed by atoms with Crippen LogP contribution < -0.4 is 15.4 Å². The van der Waals surface area contributed by atoms with Crippen molar-refractivity contribution in [2.24, 2.45) is 0 Å². The zero-order valence-corrected chi connectivity index (χ0v) is 19.4. The molecule has 164 valence electrons. The Morgan fingerprint density at radius 2 is 1.73 bits per heavy atom. The first-order valence-corrected chi connectivity index (χ1v) is 11.2. The molecule has 0 aromatic heterocycles. The van der Waals surface area contributed by atoms with Crippen molar-refractivity contribution in [2.45, 2.75) is 44.7 Å². The maximum Gasteiger partial charge on any atom is 0.242 e. The lowest BCUT2D eigenvalue weighted by Gasteiger charge is -2.22. The number of ether oxygens (including phenoxy) is 1. The van der Waals surface area contributed by atoms with Gasteiger partial charge in [-0.25, -0.2) is 12.7 Å². The molecule has 0 saturated carbocycles. The summed E-state index contributed by atoms with van der Waals surface area (Å²) in [7, 11) is 0.978. The number of carbonyl (C=O) groups is 1. The Morgan fingerprint density at radius 1 is 1.07 bits per heavy atom. The molecule has 2 atom stereocenters. The van der Waals surface area contributed by atoms with Gasteiger partial charge in [0.2, 0.25) is 15.9 Å². The SMILES string of the molecule is COc1ccc(C)cc1[C@@H](C)N[C@H](C)C(=O)Nc1cc(S(=O)(=O)N(C)C)ccc1C. The average molecular weight is 434 g/mol. The van der Waals surface area contributed by atoms with Gasteiger partial charge >= 0.3 is 0 Å². The summed E-state index contributed by atoms with van der Waals surface area (Å²) in [6.07, 6.45) is 0. The van der Waals surface area contributed by atoms with Gasteiger partial charge in [0.05, 0.1) is 18.0 Å². The van der Waals surface area contributed by atoms with Crippen molar-refractivity contribution in [1.29, 1.82) is 0 Å². The number of hydrogen-bond donors (Lipinski definition) is 2. The Kier molecular flexibility index (Phi) is 7.63. The number of rotatable bonds is 8. The minimum absolute atomic E-state index is 0.123. The smallest absolute Gasteiger partial charge is 0.242 e. The number of benzene rings is 2. The molecule has 2 rings (SSSR count). The van der Waals surface area contributed by atoms with Crippen molar-refractivity contribution in [2.75, 3.05) is 26.5 Å². The van der Waals surface area contributed by atoms with Crippen LogP contribution in [0.4, 0.5) is 5.69 Å². The molecule has 0 spiro atoms. The van der Waals surface area contributed by atoms with E-state index in [0.29, 0.717) is 5.69 Å². The summed E-state index contributed by atoms with van der Waals surface area (Å²) in [6, 6.07) is 9.98. The van der Waals surface area contributed by atoms with Crippen LogP contribution in [0.15, 0.2) is 41.3 Å². The van der Waals surface area contributed by atoms with Crippen molar-refractivity contribution >= 4 is 21.6 Å². The molecule has 30 heavy (non-hydrogen) atoms. The lowest BCUT2D eigenvalue weighted by Crippen LogP contribution is -2.39. The van der Waals surface area contributed by atoms with Gasteiger partial charge in [0, 0.05) is 31.4 Å². The van der Waals surface area contributed by atoms with Gasteiger partial charge in [-0.3, -0.25) is 10.1 Å². The van der Waals surface area contributed by atoms with E-state index in [1.54, 1.807) is 20.1 Å². The molecule has 0 aliphatic rings. The van der Waals surface area contributed by atoms with Crippen LogP contribution in [0.3, 0.4) is 0 Å². The molecular formula is C22H31N3O4S. The number of sulfonamides is 1. The topological polar surface area (TPSA) is 87.7 Å². The highest BCUT2D eigenvalue weighted by Gasteiger charge is 2.21. The Hall–Kier alpha value is -2.42. The third-order valence-electron chi connectivity index (χ3n) is 4.99. The fourth-order valence-electron chi connectivity index (χ4n) is 3.08. The van der Waals surface area contributed by atoms with E-state index in [4.69, 9.17) is 4.74 Å². The van der Waals surface area contributed by atoms with E-state index in [0.717, 1.165) is 26.7 Å². The van der Waals surface area contributed by atoms with Crippen LogP contribution in [0.25, 0.3) is 0 Å². The minimum atomic E-state index is -3.59. The Labute approximate surface area is 179 Å². The third kappa shape index (κ3) is 5.38. The van der Waals surface area contributed by atoms with Gasteiger partial charge in [-0.15, -0.1) is 0 Å². The first kappa shape index (κ1) is 23.9. The second-order valence-corrected chi connectivity index (χ2v) is 9.76. The Bertz CT molecular complexity index is 1020. The molecule has 0 fully saturated rings. The maximum absolute atomic E-state index is 12.8. The van der Waals surface area contributed by atoms with Crippen molar-refractivity contribution in [3.8, 4) is 5.75 Å². The zero-order chi connectivity index (χ0) is 22.6. The number of nitrogens with zero attached hydrogens (tertiary/aromatic N) is 1. The van der Waals surface area contributed by atoms with E-state index in [-0.39, 0.29) is 16.8 Å². The van der Waals surface area contributed by atoms with Crippen molar-refractivity contribution in [3.63, 3.8) is 0 Å². The number of carbonyl (C=O) groups excluding carboxylic acids is 1. The van der Waals surface area contributed by atoms with Crippen molar-refractivity contribution in [1.82, 2.24) is 9.62 Å². The second-order valence-electron chi connectivity index (χ2n) is 7.61. The van der Waals surface area contributed by atoms with Gasteiger partial charge in [-0.2, -0.15) is 0 Å². The Balaban J connectivity index is 2.17. The highest BCUT2D eigenvalue weighted by molar-refractivity contribution is 7.89. The molecule has 0 unspecified atom stereocenters. The molecule has 2 aromatic rings. The number of anilines is 1. The number of amides is 1. The molecule has 2 N–H and O–H groups in total. The molecule has 7 nitrogen and oxygen atoms in total. The van der Waals surface area contributed by atoms with Crippen LogP contribution in [-0.2, 0) is 14.8 Å². The van der Waals surface area contributed by atoms with Crippen LogP contribution in [0.1, 0.15) is 36.6 Å². The van der Waals surface area contributed by atoms with Crippen LogP contribution >= 0.6 is 0 Å². The highest BCUT2D eigenvalue weighted by Crippen LogP contribution is 2.27. The summed E-state index contributed by atoms with van der Waals surface area (Å²) in [5, 5.41) is 6.12. The second kappa shape index (κ2) is 9.59. The summed E-state index contributed by atoms with van der Waals surface area (Å²) in [5.74, 6) is 0.501. The van der Waals surface area contributed by atoms with E-state index in [9.17, 15) is 13.2 Å². The predicted octanol–water partition coefficient (Wildman–Crippen LogP) is 3.24. The molecule has 0 heterocycles. The molecule has 2 aromatic carbocycles. The summed E-state index contributed by atoms with van der Waals surface area (Å²) < 4.78 is 31.4. The lowest BCUT2D eigenvalue weighted by atomic mass is 10.0. The zero-order valence-electron chi connectivity index (χ0n) is 18.6. The van der Waals surface area contributed by atoms with Gasteiger partial charge in [-0.05, 0) is 51.5 Å². The number of aryl methyl sites for hydroxylation is 2. The standard InChI is InChI=1S/C22H31N3O4S/c1-14-8-11-21(29-7)19(12-14)16(3)23-17(4)22(26)24-20-13-18(10-9-15(20)2)30(27,28)25(5)6/h8-13,16-17,23H,1-7H3,(H,24,26)/t16-,17-/m1/s1. The van der Waals surface area contributed by atoms with E-state index in [1.807, 2.05) is 39.0 Å². The monoisotopic (exact) mass is 433 g/mol. The molecule has 0 aliphatic carbocycles. The van der Waals surface area contributed by atoms with E-state index >= 15 is 0 Å².